The molecule has 17 heavy (non-hydrogen) atoms. The van der Waals surface area contributed by atoms with E-state index in [0.717, 1.165) is 26.2 Å². The molecule has 0 radical (unpaired) electrons. The van der Waals surface area contributed by atoms with Gasteiger partial charge < -0.3 is 10.2 Å². The molecule has 0 atom stereocenters. The highest BCUT2D eigenvalue weighted by molar-refractivity contribution is 4.70. The van der Waals surface area contributed by atoms with E-state index in [0.29, 0.717) is 0 Å². The summed E-state index contributed by atoms with van der Waals surface area (Å²) in [7, 11) is 2.19. The minimum absolute atomic E-state index is 0.892. The molecule has 0 saturated carbocycles. The molecule has 6 nitrogen and oxygen atoms in total. The minimum Gasteiger partial charge on any atom is -0.314 e. The van der Waals surface area contributed by atoms with Gasteiger partial charge >= 0.3 is 0 Å². The predicted molar refractivity (Wildman–Crippen MR) is 66.8 cm³/mol. The first-order valence-corrected chi connectivity index (χ1v) is 6.30. The number of hydrogen-bond acceptors (Lipinski definition) is 5. The molecule has 1 fully saturated rings. The van der Waals surface area contributed by atoms with Crippen LogP contribution in [0.3, 0.4) is 0 Å². The van der Waals surface area contributed by atoms with Crippen molar-refractivity contribution in [3.63, 3.8) is 0 Å². The van der Waals surface area contributed by atoms with Gasteiger partial charge in [0.25, 0.3) is 0 Å². The van der Waals surface area contributed by atoms with Crippen LogP contribution in [0.5, 0.6) is 0 Å². The molecule has 0 aliphatic carbocycles. The predicted octanol–water partition coefficient (Wildman–Crippen LogP) is -0.885. The summed E-state index contributed by atoms with van der Waals surface area (Å²) in [4.78, 5) is 4.90. The quantitative estimate of drug-likeness (QED) is 0.652. The molecule has 0 amide bonds. The molecular formula is C11H22N6. The van der Waals surface area contributed by atoms with E-state index in [4.69, 9.17) is 0 Å². The van der Waals surface area contributed by atoms with E-state index in [9.17, 15) is 0 Å². The number of rotatable bonds is 6. The van der Waals surface area contributed by atoms with Crippen molar-refractivity contribution in [3.05, 3.63) is 12.4 Å². The fraction of sp³-hybridized carbons (Fsp3) is 0.818. The molecule has 1 aromatic heterocycles. The average Bonchev–Trinajstić information content (AvgIpc) is 2.84. The van der Waals surface area contributed by atoms with Gasteiger partial charge in [-0.2, -0.15) is 0 Å². The van der Waals surface area contributed by atoms with Crippen molar-refractivity contribution in [2.75, 3.05) is 52.9 Å². The third-order valence-electron chi connectivity index (χ3n) is 3.19. The van der Waals surface area contributed by atoms with Crippen molar-refractivity contribution >= 4 is 0 Å². The number of likely N-dealkylation sites (N-methyl/N-ethyl adjacent to an activating group) is 1. The molecular weight excluding hydrogens is 216 g/mol. The molecule has 1 saturated heterocycles. The zero-order valence-corrected chi connectivity index (χ0v) is 10.5. The highest BCUT2D eigenvalue weighted by Gasteiger charge is 2.12. The summed E-state index contributed by atoms with van der Waals surface area (Å²) in [5.74, 6) is 0. The van der Waals surface area contributed by atoms with Crippen LogP contribution in [-0.2, 0) is 6.54 Å². The molecule has 1 aliphatic rings. The lowest BCUT2D eigenvalue weighted by atomic mass is 10.3. The lowest BCUT2D eigenvalue weighted by molar-refractivity contribution is 0.154. The van der Waals surface area contributed by atoms with Crippen LogP contribution >= 0.6 is 0 Å². The van der Waals surface area contributed by atoms with Crippen molar-refractivity contribution in [1.29, 1.82) is 0 Å². The van der Waals surface area contributed by atoms with Crippen LogP contribution in [-0.4, -0.2) is 77.7 Å². The molecule has 1 aromatic rings. The van der Waals surface area contributed by atoms with Crippen LogP contribution in [0, 0.1) is 0 Å². The second kappa shape index (κ2) is 6.68. The molecule has 0 aromatic carbocycles. The molecule has 0 unspecified atom stereocenters. The van der Waals surface area contributed by atoms with Crippen molar-refractivity contribution in [1.82, 2.24) is 30.1 Å². The van der Waals surface area contributed by atoms with E-state index in [-0.39, 0.29) is 0 Å². The van der Waals surface area contributed by atoms with Gasteiger partial charge in [-0.3, -0.25) is 9.58 Å². The highest BCUT2D eigenvalue weighted by atomic mass is 15.4. The van der Waals surface area contributed by atoms with Crippen molar-refractivity contribution in [2.24, 2.45) is 0 Å². The summed E-state index contributed by atoms with van der Waals surface area (Å²) in [5, 5.41) is 11.1. The van der Waals surface area contributed by atoms with Crippen LogP contribution in [0.2, 0.25) is 0 Å². The normalized spacial score (nSPS) is 18.6. The Balaban J connectivity index is 1.49. The standard InChI is InChI=1S/C11H22N6/c1-15-8-10-16(11-9-15)5-2-12-3-6-17-7-4-13-14-17/h4,7,12H,2-3,5-6,8-11H2,1H3. The summed E-state index contributed by atoms with van der Waals surface area (Å²) in [5.41, 5.74) is 0. The Morgan fingerprint density at radius 1 is 1.12 bits per heavy atom. The fourth-order valence-electron chi connectivity index (χ4n) is 1.98. The zero-order valence-electron chi connectivity index (χ0n) is 10.5. The first-order chi connectivity index (χ1) is 8.34. The van der Waals surface area contributed by atoms with Crippen LogP contribution in [0.4, 0.5) is 0 Å². The largest absolute Gasteiger partial charge is 0.314 e. The second-order valence-electron chi connectivity index (χ2n) is 4.56. The molecule has 2 heterocycles. The van der Waals surface area contributed by atoms with E-state index in [1.54, 1.807) is 6.20 Å². The number of hydrogen-bond donors (Lipinski definition) is 1. The Kier molecular flexibility index (Phi) is 4.90. The second-order valence-corrected chi connectivity index (χ2v) is 4.56. The summed E-state index contributed by atoms with van der Waals surface area (Å²) in [6.45, 7) is 8.82. The Bertz CT molecular complexity index is 291. The van der Waals surface area contributed by atoms with Gasteiger partial charge in [0, 0.05) is 52.0 Å². The van der Waals surface area contributed by atoms with Gasteiger partial charge in [-0.15, -0.1) is 5.10 Å². The van der Waals surface area contributed by atoms with E-state index in [2.05, 4.69) is 32.5 Å². The monoisotopic (exact) mass is 238 g/mol. The maximum absolute atomic E-state index is 3.92. The van der Waals surface area contributed by atoms with Crippen LogP contribution < -0.4 is 5.32 Å². The number of piperazine rings is 1. The van der Waals surface area contributed by atoms with Crippen molar-refractivity contribution in [2.45, 2.75) is 6.54 Å². The SMILES string of the molecule is CN1CCN(CCNCCn2ccnn2)CC1. The lowest BCUT2D eigenvalue weighted by Gasteiger charge is -2.32. The number of nitrogens with one attached hydrogen (secondary N) is 1. The van der Waals surface area contributed by atoms with Gasteiger partial charge in [0.1, 0.15) is 0 Å². The smallest absolute Gasteiger partial charge is 0.0692 e. The van der Waals surface area contributed by atoms with Gasteiger partial charge in [-0.05, 0) is 7.05 Å². The molecule has 1 N–H and O–H groups in total. The molecule has 2 rings (SSSR count). The van der Waals surface area contributed by atoms with Crippen LogP contribution in [0.15, 0.2) is 12.4 Å². The summed E-state index contributed by atoms with van der Waals surface area (Å²) in [6, 6.07) is 0. The van der Waals surface area contributed by atoms with Gasteiger partial charge in [0.05, 0.1) is 12.7 Å². The zero-order chi connectivity index (χ0) is 11.9. The summed E-state index contributed by atoms with van der Waals surface area (Å²) >= 11 is 0. The van der Waals surface area contributed by atoms with Gasteiger partial charge in [-0.1, -0.05) is 5.21 Å². The number of aromatic nitrogens is 3. The number of nitrogens with zero attached hydrogens (tertiary/aromatic N) is 5. The topological polar surface area (TPSA) is 49.2 Å². The van der Waals surface area contributed by atoms with Crippen molar-refractivity contribution in [3.8, 4) is 0 Å². The Morgan fingerprint density at radius 3 is 2.59 bits per heavy atom. The van der Waals surface area contributed by atoms with Crippen LogP contribution in [0.25, 0.3) is 0 Å². The third-order valence-corrected chi connectivity index (χ3v) is 3.19. The van der Waals surface area contributed by atoms with Crippen LogP contribution in [0.1, 0.15) is 0 Å². The Hall–Kier alpha value is -0.980. The Morgan fingerprint density at radius 2 is 1.88 bits per heavy atom. The molecule has 0 spiro atoms. The molecule has 1 aliphatic heterocycles. The van der Waals surface area contributed by atoms with E-state index in [1.807, 2.05) is 10.9 Å². The maximum Gasteiger partial charge on any atom is 0.0692 e. The lowest BCUT2D eigenvalue weighted by Crippen LogP contribution is -2.46. The molecule has 0 bridgehead atoms. The van der Waals surface area contributed by atoms with Gasteiger partial charge in [0.2, 0.25) is 0 Å². The summed E-state index contributed by atoms with van der Waals surface area (Å²) < 4.78 is 1.85. The molecule has 6 heteroatoms. The van der Waals surface area contributed by atoms with E-state index in [1.165, 1.54) is 26.2 Å². The first-order valence-electron chi connectivity index (χ1n) is 6.30. The first kappa shape index (κ1) is 12.5. The van der Waals surface area contributed by atoms with E-state index < -0.39 is 0 Å². The van der Waals surface area contributed by atoms with E-state index >= 15 is 0 Å². The average molecular weight is 238 g/mol. The highest BCUT2D eigenvalue weighted by Crippen LogP contribution is 1.97. The molecule has 96 valence electrons. The maximum atomic E-state index is 3.92. The fourth-order valence-corrected chi connectivity index (χ4v) is 1.98. The van der Waals surface area contributed by atoms with Gasteiger partial charge in [-0.25, -0.2) is 0 Å². The summed E-state index contributed by atoms with van der Waals surface area (Å²) in [6.07, 6.45) is 3.60. The Labute approximate surface area is 103 Å². The van der Waals surface area contributed by atoms with Crippen molar-refractivity contribution < 1.29 is 0 Å². The minimum atomic E-state index is 0.892. The van der Waals surface area contributed by atoms with Gasteiger partial charge in [0.15, 0.2) is 0 Å². The third kappa shape index (κ3) is 4.41.